The van der Waals surface area contributed by atoms with Crippen molar-refractivity contribution in [2.75, 3.05) is 23.7 Å². The van der Waals surface area contributed by atoms with E-state index in [1.807, 2.05) is 53.1 Å². The van der Waals surface area contributed by atoms with Crippen LogP contribution in [0.2, 0.25) is 5.02 Å². The fourth-order valence-electron chi connectivity index (χ4n) is 5.37. The van der Waals surface area contributed by atoms with E-state index < -0.39 is 5.67 Å². The van der Waals surface area contributed by atoms with Crippen molar-refractivity contribution >= 4 is 34.7 Å². The molecular formula is C29H28ClFN6O. The van der Waals surface area contributed by atoms with Crippen LogP contribution < -0.4 is 16.0 Å². The van der Waals surface area contributed by atoms with Crippen molar-refractivity contribution in [1.29, 1.82) is 0 Å². The Morgan fingerprint density at radius 1 is 1.16 bits per heavy atom. The van der Waals surface area contributed by atoms with E-state index in [4.69, 9.17) is 16.6 Å². The lowest BCUT2D eigenvalue weighted by molar-refractivity contribution is -0.117. The summed E-state index contributed by atoms with van der Waals surface area (Å²) >= 11 is 6.10. The second-order valence-corrected chi connectivity index (χ2v) is 11.2. The maximum Gasteiger partial charge on any atom is 0.229 e. The highest BCUT2D eigenvalue weighted by Crippen LogP contribution is 2.48. The van der Waals surface area contributed by atoms with E-state index in [1.165, 1.54) is 5.56 Å². The molecule has 4 aromatic rings. The molecule has 7 nitrogen and oxygen atoms in total. The molecule has 0 unspecified atom stereocenters. The SMILES string of the molecule is O=C(Nc1cc(NCc2cn3cc(C4CC4)cc(C4(F)CNC4)c3n2)ccn1)[C@H]1C[C@@H]1c1cccc(Cl)c1. The summed E-state index contributed by atoms with van der Waals surface area (Å²) in [4.78, 5) is 21.9. The van der Waals surface area contributed by atoms with Gasteiger partial charge in [0, 0.05) is 59.9 Å². The molecule has 3 N–H and O–H groups in total. The topological polar surface area (TPSA) is 83.4 Å². The molecule has 1 aromatic carbocycles. The molecule has 7 rings (SSSR count). The molecule has 0 spiro atoms. The van der Waals surface area contributed by atoms with Crippen LogP contribution in [0.1, 0.15) is 53.5 Å². The minimum Gasteiger partial charge on any atom is -0.379 e. The molecule has 3 aromatic heterocycles. The van der Waals surface area contributed by atoms with Gasteiger partial charge in [-0.1, -0.05) is 23.7 Å². The number of nitrogens with zero attached hydrogens (tertiary/aromatic N) is 3. The fourth-order valence-corrected chi connectivity index (χ4v) is 5.57. The number of carbonyl (C=O) groups is 1. The van der Waals surface area contributed by atoms with Gasteiger partial charge in [-0.3, -0.25) is 4.79 Å². The number of anilines is 2. The zero-order valence-electron chi connectivity index (χ0n) is 20.8. The number of hydrogen-bond donors (Lipinski definition) is 3. The van der Waals surface area contributed by atoms with Gasteiger partial charge in [0.2, 0.25) is 5.91 Å². The molecule has 0 bridgehead atoms. The van der Waals surface area contributed by atoms with Gasteiger partial charge in [-0.15, -0.1) is 0 Å². The first-order chi connectivity index (χ1) is 18.4. The Bertz CT molecular complexity index is 1550. The van der Waals surface area contributed by atoms with E-state index in [9.17, 15) is 4.79 Å². The molecule has 194 valence electrons. The predicted octanol–water partition coefficient (Wildman–Crippen LogP) is 5.38. The summed E-state index contributed by atoms with van der Waals surface area (Å²) in [6.45, 7) is 1.11. The highest BCUT2D eigenvalue weighted by atomic mass is 35.5. The maximum absolute atomic E-state index is 15.5. The molecule has 2 aliphatic carbocycles. The molecular weight excluding hydrogens is 503 g/mol. The van der Waals surface area contributed by atoms with E-state index in [0.29, 0.717) is 47.6 Å². The number of hydrogen-bond acceptors (Lipinski definition) is 5. The number of carbonyl (C=O) groups excluding carboxylic acids is 1. The second-order valence-electron chi connectivity index (χ2n) is 10.8. The lowest BCUT2D eigenvalue weighted by Crippen LogP contribution is -2.53. The van der Waals surface area contributed by atoms with Crippen LogP contribution in [-0.4, -0.2) is 33.4 Å². The molecule has 3 aliphatic rings. The summed E-state index contributed by atoms with van der Waals surface area (Å²) in [5.41, 5.74) is 3.91. The molecule has 4 heterocycles. The fraction of sp³-hybridized carbons (Fsp3) is 0.345. The number of imidazole rings is 1. The Morgan fingerprint density at radius 2 is 2.03 bits per heavy atom. The van der Waals surface area contributed by atoms with Gasteiger partial charge in [-0.25, -0.2) is 14.4 Å². The van der Waals surface area contributed by atoms with E-state index >= 15 is 4.39 Å². The number of alkyl halides is 1. The Morgan fingerprint density at radius 3 is 2.79 bits per heavy atom. The zero-order valence-corrected chi connectivity index (χ0v) is 21.5. The normalized spacial score (nSPS) is 21.6. The third-order valence-electron chi connectivity index (χ3n) is 7.85. The molecule has 2 saturated carbocycles. The van der Waals surface area contributed by atoms with Gasteiger partial charge >= 0.3 is 0 Å². The Balaban J connectivity index is 1.03. The summed E-state index contributed by atoms with van der Waals surface area (Å²) < 4.78 is 17.4. The third kappa shape index (κ3) is 4.52. The van der Waals surface area contributed by atoms with E-state index in [-0.39, 0.29) is 17.7 Å². The Kier molecular flexibility index (Phi) is 5.63. The van der Waals surface area contributed by atoms with Crippen molar-refractivity contribution in [3.05, 3.63) is 88.5 Å². The van der Waals surface area contributed by atoms with E-state index in [1.54, 1.807) is 6.20 Å². The molecule has 3 fully saturated rings. The number of fused-ring (bicyclic) bond motifs is 1. The summed E-state index contributed by atoms with van der Waals surface area (Å²) in [6, 6.07) is 13.4. The maximum atomic E-state index is 15.5. The van der Waals surface area contributed by atoms with Crippen LogP contribution in [0.25, 0.3) is 5.65 Å². The summed E-state index contributed by atoms with van der Waals surface area (Å²) in [5.74, 6) is 1.10. The standard InChI is InChI=1S/C29H28ClFN6O/c30-20-3-1-2-18(8-20)23-11-24(23)28(38)36-26-10-21(6-7-33-26)34-12-22-14-37-13-19(17-4-5-17)9-25(27(37)35-22)29(31)15-32-16-29/h1-3,6-10,13-14,17,23-24,32H,4-5,11-12,15-16H2,(H2,33,34,36,38)/t23-,24+/m1/s1. The monoisotopic (exact) mass is 530 g/mol. The highest BCUT2D eigenvalue weighted by molar-refractivity contribution is 6.30. The first-order valence-corrected chi connectivity index (χ1v) is 13.5. The average Bonchev–Trinajstić information content (AvgIpc) is 3.82. The summed E-state index contributed by atoms with van der Waals surface area (Å²) in [6.07, 6.45) is 8.86. The first-order valence-electron chi connectivity index (χ1n) is 13.1. The zero-order chi connectivity index (χ0) is 25.9. The van der Waals surface area contributed by atoms with Crippen LogP contribution in [0.4, 0.5) is 15.9 Å². The van der Waals surface area contributed by atoms with Crippen molar-refractivity contribution in [2.45, 2.75) is 43.3 Å². The number of aromatic nitrogens is 3. The quantitative estimate of drug-likeness (QED) is 0.285. The minimum atomic E-state index is -1.37. The second kappa shape index (κ2) is 9.06. The minimum absolute atomic E-state index is 0.0374. The Hall–Kier alpha value is -3.49. The first kappa shape index (κ1) is 23.6. The average molecular weight is 531 g/mol. The van der Waals surface area contributed by atoms with Gasteiger partial charge < -0.3 is 20.4 Å². The number of halogens is 2. The van der Waals surface area contributed by atoms with Crippen molar-refractivity contribution in [1.82, 2.24) is 19.7 Å². The summed E-state index contributed by atoms with van der Waals surface area (Å²) in [5, 5.41) is 10.1. The van der Waals surface area contributed by atoms with Crippen LogP contribution in [0.3, 0.4) is 0 Å². The Labute approximate surface area is 224 Å². The third-order valence-corrected chi connectivity index (χ3v) is 8.09. The molecule has 1 amide bonds. The molecule has 38 heavy (non-hydrogen) atoms. The van der Waals surface area contributed by atoms with Gasteiger partial charge in [0.1, 0.15) is 11.5 Å². The molecule has 9 heteroatoms. The van der Waals surface area contributed by atoms with Gasteiger partial charge in [-0.2, -0.15) is 0 Å². The van der Waals surface area contributed by atoms with Crippen LogP contribution >= 0.6 is 11.6 Å². The smallest absolute Gasteiger partial charge is 0.229 e. The van der Waals surface area contributed by atoms with Gasteiger partial charge in [0.25, 0.3) is 0 Å². The van der Waals surface area contributed by atoms with E-state index in [0.717, 1.165) is 36.2 Å². The van der Waals surface area contributed by atoms with Crippen LogP contribution in [0.5, 0.6) is 0 Å². The molecule has 0 radical (unpaired) electrons. The van der Waals surface area contributed by atoms with Crippen LogP contribution in [-0.2, 0) is 17.0 Å². The van der Waals surface area contributed by atoms with Gasteiger partial charge in [0.15, 0.2) is 5.67 Å². The number of amides is 1. The van der Waals surface area contributed by atoms with Crippen LogP contribution in [0, 0.1) is 5.92 Å². The summed E-state index contributed by atoms with van der Waals surface area (Å²) in [7, 11) is 0. The highest BCUT2D eigenvalue weighted by Gasteiger charge is 2.44. The van der Waals surface area contributed by atoms with Crippen LogP contribution in [0.15, 0.2) is 61.1 Å². The number of pyridine rings is 2. The molecule has 1 aliphatic heterocycles. The van der Waals surface area contributed by atoms with Gasteiger partial charge in [0.05, 0.1) is 12.2 Å². The van der Waals surface area contributed by atoms with Crippen molar-refractivity contribution < 1.29 is 9.18 Å². The van der Waals surface area contributed by atoms with Crippen molar-refractivity contribution in [3.8, 4) is 0 Å². The number of nitrogens with one attached hydrogen (secondary N) is 3. The van der Waals surface area contributed by atoms with Crippen molar-refractivity contribution in [2.24, 2.45) is 5.92 Å². The number of benzene rings is 1. The lowest BCUT2D eigenvalue weighted by atomic mass is 9.89. The van der Waals surface area contributed by atoms with E-state index in [2.05, 4.69) is 27.1 Å². The van der Waals surface area contributed by atoms with Gasteiger partial charge in [-0.05, 0) is 66.5 Å². The number of rotatable bonds is 8. The molecule has 2 atom stereocenters. The predicted molar refractivity (Wildman–Crippen MR) is 145 cm³/mol. The molecule has 1 saturated heterocycles. The largest absolute Gasteiger partial charge is 0.379 e. The van der Waals surface area contributed by atoms with Crippen molar-refractivity contribution in [3.63, 3.8) is 0 Å². The lowest BCUT2D eigenvalue weighted by Gasteiger charge is -2.35.